The summed E-state index contributed by atoms with van der Waals surface area (Å²) in [5.41, 5.74) is -2.45. The lowest BCUT2D eigenvalue weighted by molar-refractivity contribution is -0.184. The number of hydrogen-bond donors (Lipinski definition) is 2. The van der Waals surface area contributed by atoms with Gasteiger partial charge in [0.15, 0.2) is 0 Å². The number of carbonyl (C=O) groups excluding carboxylic acids is 4. The van der Waals surface area contributed by atoms with Crippen molar-refractivity contribution < 1.29 is 38.6 Å². The monoisotopic (exact) mass is 494 g/mol. The lowest BCUT2D eigenvalue weighted by Crippen LogP contribution is -2.54. The molecule has 2 aromatic rings. The molecule has 1 aliphatic heterocycles. The molecule has 0 saturated carbocycles. The van der Waals surface area contributed by atoms with E-state index in [1.165, 1.54) is 36.1 Å². The van der Waals surface area contributed by atoms with E-state index < -0.39 is 29.4 Å². The standard InChI is InChI=1S/C26H26N2O8/c1-17(16-28-14-13-20(28)29)22(23(31)35-2)27-24(32)26(25(33)34,19-11-7-4-8-12-19)36-21(30)15-18-9-5-3-6-10-18/h3-12H,13-16H2,1-2H3,(H,27,32)(H,33,34)/t26-/m1/s1. The third kappa shape index (κ3) is 5.60. The van der Waals surface area contributed by atoms with E-state index in [1.807, 2.05) is 0 Å². The van der Waals surface area contributed by atoms with Crippen molar-refractivity contribution in [1.82, 2.24) is 10.2 Å². The van der Waals surface area contributed by atoms with E-state index in [9.17, 15) is 29.1 Å². The number of ether oxygens (including phenoxy) is 2. The molecule has 1 fully saturated rings. The van der Waals surface area contributed by atoms with Gasteiger partial charge in [-0.25, -0.2) is 9.59 Å². The van der Waals surface area contributed by atoms with Crippen molar-refractivity contribution >= 4 is 29.7 Å². The second-order valence-corrected chi connectivity index (χ2v) is 8.16. The molecular formula is C26H26N2O8. The second kappa shape index (κ2) is 11.3. The van der Waals surface area contributed by atoms with Crippen LogP contribution in [0.3, 0.4) is 0 Å². The highest BCUT2D eigenvalue weighted by Gasteiger charge is 2.53. The molecule has 10 nitrogen and oxygen atoms in total. The minimum absolute atomic E-state index is 0.0305. The van der Waals surface area contributed by atoms with Gasteiger partial charge in [-0.15, -0.1) is 0 Å². The van der Waals surface area contributed by atoms with Crippen molar-refractivity contribution in [1.29, 1.82) is 0 Å². The van der Waals surface area contributed by atoms with E-state index in [2.05, 4.69) is 5.32 Å². The minimum atomic E-state index is -2.81. The Labute approximate surface area is 207 Å². The van der Waals surface area contributed by atoms with Gasteiger partial charge >= 0.3 is 23.5 Å². The van der Waals surface area contributed by atoms with Crippen LogP contribution >= 0.6 is 0 Å². The Balaban J connectivity index is 1.99. The molecule has 1 heterocycles. The molecule has 2 amide bonds. The zero-order valence-electron chi connectivity index (χ0n) is 19.9. The fraction of sp³-hybridized carbons (Fsp3) is 0.269. The Morgan fingerprint density at radius 3 is 2.14 bits per heavy atom. The lowest BCUT2D eigenvalue weighted by atomic mass is 9.92. The zero-order valence-corrected chi connectivity index (χ0v) is 19.9. The Kier molecular flexibility index (Phi) is 8.21. The minimum Gasteiger partial charge on any atom is -0.478 e. The van der Waals surface area contributed by atoms with E-state index in [-0.39, 0.29) is 35.7 Å². The molecule has 3 rings (SSSR count). The van der Waals surface area contributed by atoms with Crippen LogP contribution in [0.25, 0.3) is 0 Å². The van der Waals surface area contributed by atoms with Crippen LogP contribution in [0.5, 0.6) is 0 Å². The summed E-state index contributed by atoms with van der Waals surface area (Å²) in [6, 6.07) is 15.7. The van der Waals surface area contributed by atoms with E-state index in [0.29, 0.717) is 18.5 Å². The van der Waals surface area contributed by atoms with E-state index in [1.54, 1.807) is 36.4 Å². The predicted octanol–water partition coefficient (Wildman–Crippen LogP) is 1.55. The molecule has 1 saturated heterocycles. The van der Waals surface area contributed by atoms with Gasteiger partial charge in [0.25, 0.3) is 5.91 Å². The van der Waals surface area contributed by atoms with Crippen molar-refractivity contribution in [2.24, 2.45) is 0 Å². The van der Waals surface area contributed by atoms with Crippen LogP contribution in [0, 0.1) is 0 Å². The Morgan fingerprint density at radius 2 is 1.64 bits per heavy atom. The van der Waals surface area contributed by atoms with Crippen molar-refractivity contribution in [3.05, 3.63) is 83.1 Å². The summed E-state index contributed by atoms with van der Waals surface area (Å²) in [6.45, 7) is 2.02. The van der Waals surface area contributed by atoms with E-state index >= 15 is 0 Å². The van der Waals surface area contributed by atoms with Gasteiger partial charge in [0.2, 0.25) is 5.91 Å². The number of carbonyl (C=O) groups is 5. The second-order valence-electron chi connectivity index (χ2n) is 8.16. The van der Waals surface area contributed by atoms with Gasteiger partial charge in [-0.1, -0.05) is 60.7 Å². The molecule has 2 aromatic carbocycles. The summed E-state index contributed by atoms with van der Waals surface area (Å²) >= 11 is 0. The lowest BCUT2D eigenvalue weighted by Gasteiger charge is -2.32. The molecule has 0 bridgehead atoms. The number of aliphatic carboxylic acids is 1. The molecule has 0 spiro atoms. The highest BCUT2D eigenvalue weighted by atomic mass is 16.6. The first-order chi connectivity index (χ1) is 17.2. The summed E-state index contributed by atoms with van der Waals surface area (Å²) in [7, 11) is 1.10. The number of nitrogens with zero attached hydrogens (tertiary/aromatic N) is 1. The van der Waals surface area contributed by atoms with Crippen LogP contribution in [0.1, 0.15) is 24.5 Å². The quantitative estimate of drug-likeness (QED) is 0.220. The molecule has 1 atom stereocenters. The summed E-state index contributed by atoms with van der Waals surface area (Å²) < 4.78 is 10.1. The van der Waals surface area contributed by atoms with Gasteiger partial charge in [-0.2, -0.15) is 0 Å². The van der Waals surface area contributed by atoms with Crippen molar-refractivity contribution in [2.45, 2.75) is 25.4 Å². The Bertz CT molecular complexity index is 1190. The normalized spacial score (nSPS) is 15.1. The fourth-order valence-electron chi connectivity index (χ4n) is 3.67. The average Bonchev–Trinajstić information content (AvgIpc) is 2.88. The number of esters is 2. The number of β-lactam (4-membered cyclic amide) rings is 1. The highest BCUT2D eigenvalue weighted by molar-refractivity contribution is 6.10. The highest BCUT2D eigenvalue weighted by Crippen LogP contribution is 2.29. The molecule has 0 radical (unpaired) electrons. The fourth-order valence-corrected chi connectivity index (χ4v) is 3.67. The van der Waals surface area contributed by atoms with Gasteiger partial charge in [-0.05, 0) is 18.1 Å². The van der Waals surface area contributed by atoms with Crippen molar-refractivity contribution in [3.8, 4) is 0 Å². The van der Waals surface area contributed by atoms with Crippen LogP contribution in [-0.2, 0) is 45.5 Å². The Morgan fingerprint density at radius 1 is 1.03 bits per heavy atom. The number of rotatable bonds is 10. The maximum absolute atomic E-state index is 13.6. The maximum atomic E-state index is 13.6. The Hall–Kier alpha value is -4.47. The first-order valence-electron chi connectivity index (χ1n) is 11.1. The van der Waals surface area contributed by atoms with Gasteiger partial charge in [0.1, 0.15) is 5.70 Å². The number of carboxylic acid groups (broad SMARTS) is 1. The van der Waals surface area contributed by atoms with Crippen molar-refractivity contribution in [2.75, 3.05) is 20.2 Å². The SMILES string of the molecule is COC(=O)C(NC(=O)[C@@](OC(=O)Cc1ccccc1)(C(=O)O)c1ccccc1)=C(C)CN1CCC1=O. The molecule has 2 N–H and O–H groups in total. The largest absolute Gasteiger partial charge is 0.478 e. The first kappa shape index (κ1) is 26.1. The zero-order chi connectivity index (χ0) is 26.3. The maximum Gasteiger partial charge on any atom is 0.363 e. The van der Waals surface area contributed by atoms with Crippen LogP contribution in [-0.4, -0.2) is 59.9 Å². The van der Waals surface area contributed by atoms with Crippen LogP contribution in [0.4, 0.5) is 0 Å². The summed E-state index contributed by atoms with van der Waals surface area (Å²) in [4.78, 5) is 64.7. The molecule has 1 aliphatic rings. The number of methoxy groups -OCH3 is 1. The summed E-state index contributed by atoms with van der Waals surface area (Å²) in [5, 5.41) is 12.5. The number of hydrogen-bond acceptors (Lipinski definition) is 7. The number of likely N-dealkylation sites (tertiary alicyclic amines) is 1. The predicted molar refractivity (Wildman–Crippen MR) is 126 cm³/mol. The number of carboxylic acids is 1. The number of benzene rings is 2. The third-order valence-electron chi connectivity index (χ3n) is 5.69. The molecule has 0 aliphatic carbocycles. The smallest absolute Gasteiger partial charge is 0.363 e. The third-order valence-corrected chi connectivity index (χ3v) is 5.69. The number of amides is 2. The number of nitrogens with one attached hydrogen (secondary N) is 1. The van der Waals surface area contributed by atoms with Gasteiger partial charge < -0.3 is 24.8 Å². The van der Waals surface area contributed by atoms with Gasteiger partial charge in [0, 0.05) is 25.1 Å². The van der Waals surface area contributed by atoms with Crippen LogP contribution in [0.15, 0.2) is 71.9 Å². The van der Waals surface area contributed by atoms with Crippen LogP contribution in [0.2, 0.25) is 0 Å². The van der Waals surface area contributed by atoms with E-state index in [0.717, 1.165) is 7.11 Å². The molecule has 188 valence electrons. The summed E-state index contributed by atoms with van der Waals surface area (Å²) in [5.74, 6) is -5.07. The van der Waals surface area contributed by atoms with Gasteiger partial charge in [0.05, 0.1) is 13.5 Å². The molecule has 0 unspecified atom stereocenters. The van der Waals surface area contributed by atoms with E-state index in [4.69, 9.17) is 9.47 Å². The van der Waals surface area contributed by atoms with Crippen LogP contribution < -0.4 is 5.32 Å². The molecule has 36 heavy (non-hydrogen) atoms. The molecule has 10 heteroatoms. The van der Waals surface area contributed by atoms with Gasteiger partial charge in [-0.3, -0.25) is 14.4 Å². The topological polar surface area (TPSA) is 139 Å². The summed E-state index contributed by atoms with van der Waals surface area (Å²) in [6.07, 6.45) is 0.0898. The first-order valence-corrected chi connectivity index (χ1v) is 11.1. The molecule has 0 aromatic heterocycles. The van der Waals surface area contributed by atoms with Crippen molar-refractivity contribution in [3.63, 3.8) is 0 Å². The average molecular weight is 495 g/mol. The molecular weight excluding hydrogens is 468 g/mol.